The first-order chi connectivity index (χ1) is 10.7. The van der Waals surface area contributed by atoms with E-state index in [2.05, 4.69) is 0 Å². The monoisotopic (exact) mass is 332 g/mol. The van der Waals surface area contributed by atoms with Gasteiger partial charge < -0.3 is 9.47 Å². The van der Waals surface area contributed by atoms with Crippen LogP contribution >= 0.6 is 24.0 Å². The summed E-state index contributed by atoms with van der Waals surface area (Å²) in [6.45, 7) is 2.17. The molecule has 3 nitrogen and oxygen atoms in total. The van der Waals surface area contributed by atoms with Crippen molar-refractivity contribution in [2.45, 2.75) is 18.2 Å². The van der Waals surface area contributed by atoms with Gasteiger partial charge in [0.2, 0.25) is 4.38 Å². The van der Waals surface area contributed by atoms with Crippen LogP contribution in [0.25, 0.3) is 0 Å². The van der Waals surface area contributed by atoms with Crippen LogP contribution in [0.3, 0.4) is 0 Å². The Kier molecular flexibility index (Phi) is 6.43. The number of esters is 1. The first kappa shape index (κ1) is 16.5. The zero-order valence-corrected chi connectivity index (χ0v) is 13.8. The lowest BCUT2D eigenvalue weighted by Crippen LogP contribution is -2.09. The first-order valence-corrected chi connectivity index (χ1v) is 8.09. The predicted octanol–water partition coefficient (Wildman–Crippen LogP) is 4.25. The molecule has 0 saturated heterocycles. The Balaban J connectivity index is 2.03. The molecule has 0 aliphatic rings. The van der Waals surface area contributed by atoms with Crippen LogP contribution in [0, 0.1) is 0 Å². The highest BCUT2D eigenvalue weighted by Crippen LogP contribution is 2.26. The number of carbonyl (C=O) groups is 1. The van der Waals surface area contributed by atoms with Gasteiger partial charge in [0.25, 0.3) is 0 Å². The predicted molar refractivity (Wildman–Crippen MR) is 92.3 cm³/mol. The van der Waals surface area contributed by atoms with Gasteiger partial charge >= 0.3 is 5.97 Å². The molecule has 2 aromatic rings. The van der Waals surface area contributed by atoms with Crippen molar-refractivity contribution in [1.29, 1.82) is 0 Å². The topological polar surface area (TPSA) is 35.5 Å². The van der Waals surface area contributed by atoms with E-state index < -0.39 is 0 Å². The third-order valence-electron chi connectivity index (χ3n) is 2.75. The molecule has 0 heterocycles. The van der Waals surface area contributed by atoms with Gasteiger partial charge in [-0.1, -0.05) is 36.4 Å². The fourth-order valence-electron chi connectivity index (χ4n) is 1.81. The third kappa shape index (κ3) is 5.16. The van der Waals surface area contributed by atoms with Gasteiger partial charge in [0.1, 0.15) is 5.75 Å². The largest absolute Gasteiger partial charge is 0.466 e. The minimum Gasteiger partial charge on any atom is -0.466 e. The molecule has 0 aliphatic heterocycles. The van der Waals surface area contributed by atoms with Crippen molar-refractivity contribution >= 4 is 34.3 Å². The number of hydrogen-bond donors (Lipinski definition) is 0. The lowest BCUT2D eigenvalue weighted by Gasteiger charge is -2.10. The standard InChI is InChI=1S/C17H16O3S2/c1-2-19-16(18)12-13-8-6-7-11-15(13)22-17(21)20-14-9-4-3-5-10-14/h3-11H,2,12H2,1H3. The number of hydrogen-bond acceptors (Lipinski definition) is 5. The van der Waals surface area contributed by atoms with Gasteiger partial charge in [-0.15, -0.1) is 0 Å². The number of rotatable bonds is 5. The fraction of sp³-hybridized carbons (Fsp3) is 0.176. The lowest BCUT2D eigenvalue weighted by molar-refractivity contribution is -0.142. The molecule has 2 rings (SSSR count). The van der Waals surface area contributed by atoms with E-state index in [-0.39, 0.29) is 12.4 Å². The van der Waals surface area contributed by atoms with Gasteiger partial charge in [-0.05, 0) is 54.7 Å². The maximum atomic E-state index is 11.6. The van der Waals surface area contributed by atoms with Crippen LogP contribution in [0.5, 0.6) is 5.75 Å². The van der Waals surface area contributed by atoms with Gasteiger partial charge in [0.15, 0.2) is 0 Å². The summed E-state index contributed by atoms with van der Waals surface area (Å²) in [6.07, 6.45) is 0.227. The molecule has 0 aliphatic carbocycles. The van der Waals surface area contributed by atoms with E-state index in [0.29, 0.717) is 16.7 Å². The highest BCUT2D eigenvalue weighted by atomic mass is 32.2. The molecule has 0 bridgehead atoms. The Hall–Kier alpha value is -1.85. The summed E-state index contributed by atoms with van der Waals surface area (Å²) in [5.41, 5.74) is 0.880. The van der Waals surface area contributed by atoms with Crippen LogP contribution < -0.4 is 4.74 Å². The van der Waals surface area contributed by atoms with Crippen LogP contribution in [0.2, 0.25) is 0 Å². The molecule has 5 heteroatoms. The van der Waals surface area contributed by atoms with Crippen molar-refractivity contribution in [3.8, 4) is 5.75 Å². The average molecular weight is 332 g/mol. The van der Waals surface area contributed by atoms with E-state index in [1.165, 1.54) is 11.8 Å². The Bertz CT molecular complexity index is 641. The third-order valence-corrected chi connectivity index (χ3v) is 3.95. The van der Waals surface area contributed by atoms with Crippen molar-refractivity contribution in [2.75, 3.05) is 6.61 Å². The normalized spacial score (nSPS) is 10.0. The molecule has 0 fully saturated rings. The van der Waals surface area contributed by atoms with Crippen molar-refractivity contribution in [1.82, 2.24) is 0 Å². The highest BCUT2D eigenvalue weighted by molar-refractivity contribution is 8.22. The fourth-order valence-corrected chi connectivity index (χ4v) is 2.91. The molecule has 0 spiro atoms. The molecular formula is C17H16O3S2. The maximum absolute atomic E-state index is 11.6. The summed E-state index contributed by atoms with van der Waals surface area (Å²) in [5, 5.41) is 0. The maximum Gasteiger partial charge on any atom is 0.310 e. The van der Waals surface area contributed by atoms with Crippen molar-refractivity contribution in [2.24, 2.45) is 0 Å². The second-order valence-corrected chi connectivity index (χ2v) is 6.00. The van der Waals surface area contributed by atoms with Gasteiger partial charge in [0, 0.05) is 4.90 Å². The second-order valence-electron chi connectivity index (χ2n) is 4.36. The van der Waals surface area contributed by atoms with E-state index in [1.807, 2.05) is 54.6 Å². The smallest absolute Gasteiger partial charge is 0.310 e. The molecule has 2 aromatic carbocycles. The molecule has 0 unspecified atom stereocenters. The van der Waals surface area contributed by atoms with Crippen LogP contribution in [0.15, 0.2) is 59.5 Å². The SMILES string of the molecule is CCOC(=O)Cc1ccccc1SC(=S)Oc1ccccc1. The summed E-state index contributed by atoms with van der Waals surface area (Å²) in [5.74, 6) is 0.452. The summed E-state index contributed by atoms with van der Waals surface area (Å²) in [6, 6.07) is 17.0. The number of benzene rings is 2. The second kappa shape index (κ2) is 8.56. The Morgan fingerprint density at radius 1 is 1.09 bits per heavy atom. The Morgan fingerprint density at radius 3 is 2.50 bits per heavy atom. The van der Waals surface area contributed by atoms with Crippen LogP contribution in [0.1, 0.15) is 12.5 Å². The van der Waals surface area contributed by atoms with Crippen molar-refractivity contribution < 1.29 is 14.3 Å². The zero-order valence-electron chi connectivity index (χ0n) is 12.2. The van der Waals surface area contributed by atoms with E-state index in [4.69, 9.17) is 21.7 Å². The van der Waals surface area contributed by atoms with Crippen LogP contribution in [0.4, 0.5) is 0 Å². The number of thioether (sulfide) groups is 1. The summed E-state index contributed by atoms with van der Waals surface area (Å²) < 4.78 is 11.0. The Morgan fingerprint density at radius 2 is 1.77 bits per heavy atom. The summed E-state index contributed by atoms with van der Waals surface area (Å²) in [7, 11) is 0. The van der Waals surface area contributed by atoms with Gasteiger partial charge in [0.05, 0.1) is 13.0 Å². The van der Waals surface area contributed by atoms with E-state index in [1.54, 1.807) is 6.92 Å². The van der Waals surface area contributed by atoms with E-state index in [9.17, 15) is 4.79 Å². The van der Waals surface area contributed by atoms with E-state index >= 15 is 0 Å². The molecule has 0 N–H and O–H groups in total. The van der Waals surface area contributed by atoms with Gasteiger partial charge in [-0.25, -0.2) is 0 Å². The zero-order chi connectivity index (χ0) is 15.8. The molecular weight excluding hydrogens is 316 g/mol. The molecule has 114 valence electrons. The first-order valence-electron chi connectivity index (χ1n) is 6.87. The van der Waals surface area contributed by atoms with Crippen LogP contribution in [-0.4, -0.2) is 17.0 Å². The highest BCUT2D eigenvalue weighted by Gasteiger charge is 2.11. The minimum atomic E-state index is -0.245. The van der Waals surface area contributed by atoms with Gasteiger partial charge in [-0.3, -0.25) is 4.79 Å². The quantitative estimate of drug-likeness (QED) is 0.465. The average Bonchev–Trinajstić information content (AvgIpc) is 2.50. The number of para-hydroxylation sites is 1. The number of ether oxygens (including phenoxy) is 2. The molecule has 0 atom stereocenters. The number of carbonyl (C=O) groups excluding carboxylic acids is 1. The molecule has 0 saturated carbocycles. The number of thiocarbonyl (C=S) groups is 1. The summed E-state index contributed by atoms with van der Waals surface area (Å²) >= 11 is 6.59. The summed E-state index contributed by atoms with van der Waals surface area (Å²) in [4.78, 5) is 12.5. The molecule has 22 heavy (non-hydrogen) atoms. The molecule has 0 aromatic heterocycles. The van der Waals surface area contributed by atoms with E-state index in [0.717, 1.165) is 10.5 Å². The minimum absolute atomic E-state index is 0.227. The molecule has 0 amide bonds. The van der Waals surface area contributed by atoms with Crippen molar-refractivity contribution in [3.63, 3.8) is 0 Å². The van der Waals surface area contributed by atoms with Gasteiger partial charge in [-0.2, -0.15) is 0 Å². The molecule has 0 radical (unpaired) electrons. The lowest BCUT2D eigenvalue weighted by atomic mass is 10.1. The van der Waals surface area contributed by atoms with Crippen LogP contribution in [-0.2, 0) is 16.0 Å². The van der Waals surface area contributed by atoms with Crippen molar-refractivity contribution in [3.05, 3.63) is 60.2 Å². The Labute approximate surface area is 139 Å².